The zero-order valence-corrected chi connectivity index (χ0v) is 14.6. The van der Waals surface area contributed by atoms with E-state index in [1.807, 2.05) is 17.2 Å². The number of aromatic nitrogens is 1. The molecule has 2 aromatic heterocycles. The van der Waals surface area contributed by atoms with Crippen molar-refractivity contribution in [3.8, 4) is 0 Å². The Kier molecular flexibility index (Phi) is 4.71. The number of carboxylic acid groups (broad SMARTS) is 1. The van der Waals surface area contributed by atoms with E-state index >= 15 is 0 Å². The molecule has 1 amide bonds. The topological polar surface area (TPSA) is 83.6 Å². The predicted octanol–water partition coefficient (Wildman–Crippen LogP) is 3.35. The molecule has 1 unspecified atom stereocenters. The molecule has 128 valence electrons. The second-order valence-electron chi connectivity index (χ2n) is 6.12. The Morgan fingerprint density at radius 3 is 2.88 bits per heavy atom. The van der Waals surface area contributed by atoms with E-state index in [1.54, 1.807) is 18.3 Å². The molecule has 1 aliphatic heterocycles. The fourth-order valence-electron chi connectivity index (χ4n) is 3.15. The average molecular weight is 348 g/mol. The maximum atomic E-state index is 13.1. The van der Waals surface area contributed by atoms with Crippen LogP contribution in [0, 0.1) is 13.8 Å². The molecule has 0 aliphatic carbocycles. The van der Waals surface area contributed by atoms with Gasteiger partial charge in [-0.25, -0.2) is 4.98 Å². The largest absolute Gasteiger partial charge is 0.481 e. The molecule has 3 heterocycles. The molecule has 1 atom stereocenters. The Morgan fingerprint density at radius 2 is 2.21 bits per heavy atom. The summed E-state index contributed by atoms with van der Waals surface area (Å²) >= 11 is 1.57. The number of carbonyl (C=O) groups excluding carboxylic acids is 1. The van der Waals surface area contributed by atoms with E-state index in [0.29, 0.717) is 17.7 Å². The van der Waals surface area contributed by atoms with Gasteiger partial charge in [0, 0.05) is 23.2 Å². The number of amides is 1. The van der Waals surface area contributed by atoms with Crippen molar-refractivity contribution in [2.24, 2.45) is 0 Å². The fraction of sp³-hybridized carbons (Fsp3) is 0.471. The lowest BCUT2D eigenvalue weighted by Gasteiger charge is -2.34. The number of hydrogen-bond acceptors (Lipinski definition) is 5. The Hall–Kier alpha value is -2.15. The van der Waals surface area contributed by atoms with Gasteiger partial charge in [-0.15, -0.1) is 11.3 Å². The van der Waals surface area contributed by atoms with Gasteiger partial charge in [0.25, 0.3) is 5.91 Å². The van der Waals surface area contributed by atoms with Gasteiger partial charge in [-0.3, -0.25) is 9.59 Å². The second-order valence-corrected chi connectivity index (χ2v) is 7.01. The molecule has 0 aromatic carbocycles. The SMILES string of the molecule is Cc1csc(C2CCCCN2C(=O)c2c(C)coc2CC(=O)O)n1. The Bertz CT molecular complexity index is 764. The second kappa shape index (κ2) is 6.76. The van der Waals surface area contributed by atoms with Gasteiger partial charge < -0.3 is 14.4 Å². The third kappa shape index (κ3) is 3.21. The number of carbonyl (C=O) groups is 2. The average Bonchev–Trinajstić information content (AvgIpc) is 3.12. The molecule has 1 aliphatic rings. The van der Waals surface area contributed by atoms with Crippen LogP contribution in [-0.4, -0.2) is 33.4 Å². The lowest BCUT2D eigenvalue weighted by Crippen LogP contribution is -2.39. The van der Waals surface area contributed by atoms with Crippen molar-refractivity contribution < 1.29 is 19.1 Å². The number of nitrogens with zero attached hydrogens (tertiary/aromatic N) is 2. The monoisotopic (exact) mass is 348 g/mol. The van der Waals surface area contributed by atoms with Crippen LogP contribution in [0.15, 0.2) is 16.1 Å². The predicted molar refractivity (Wildman–Crippen MR) is 89.3 cm³/mol. The first-order valence-corrected chi connectivity index (χ1v) is 8.87. The van der Waals surface area contributed by atoms with E-state index in [0.717, 1.165) is 30.0 Å². The first-order valence-electron chi connectivity index (χ1n) is 7.99. The van der Waals surface area contributed by atoms with Crippen LogP contribution in [0.25, 0.3) is 0 Å². The molecule has 24 heavy (non-hydrogen) atoms. The van der Waals surface area contributed by atoms with E-state index in [-0.39, 0.29) is 24.1 Å². The maximum absolute atomic E-state index is 13.1. The number of rotatable bonds is 4. The zero-order valence-electron chi connectivity index (χ0n) is 13.7. The van der Waals surface area contributed by atoms with Gasteiger partial charge in [0.05, 0.1) is 17.9 Å². The molecule has 0 spiro atoms. The van der Waals surface area contributed by atoms with Crippen LogP contribution in [-0.2, 0) is 11.2 Å². The lowest BCUT2D eigenvalue weighted by molar-refractivity contribution is -0.136. The van der Waals surface area contributed by atoms with Crippen LogP contribution in [0.5, 0.6) is 0 Å². The van der Waals surface area contributed by atoms with E-state index < -0.39 is 5.97 Å². The number of carboxylic acids is 1. The molecule has 1 saturated heterocycles. The van der Waals surface area contributed by atoms with Crippen molar-refractivity contribution >= 4 is 23.2 Å². The molecule has 2 aromatic rings. The highest BCUT2D eigenvalue weighted by atomic mass is 32.1. The van der Waals surface area contributed by atoms with Crippen LogP contribution < -0.4 is 0 Å². The molecule has 6 nitrogen and oxygen atoms in total. The fourth-order valence-corrected chi connectivity index (χ4v) is 4.10. The van der Waals surface area contributed by atoms with Crippen LogP contribution in [0.1, 0.15) is 57.7 Å². The summed E-state index contributed by atoms with van der Waals surface area (Å²) in [6, 6.07) is -0.0445. The number of likely N-dealkylation sites (tertiary alicyclic amines) is 1. The number of furan rings is 1. The minimum atomic E-state index is -1.01. The van der Waals surface area contributed by atoms with Crippen molar-refractivity contribution in [3.05, 3.63) is 39.2 Å². The summed E-state index contributed by atoms with van der Waals surface area (Å²) in [6.07, 6.45) is 4.04. The molecule has 0 bridgehead atoms. The van der Waals surface area contributed by atoms with Gasteiger partial charge in [-0.2, -0.15) is 0 Å². The maximum Gasteiger partial charge on any atom is 0.311 e. The Balaban J connectivity index is 1.92. The highest BCUT2D eigenvalue weighted by molar-refractivity contribution is 7.09. The number of piperidine rings is 1. The minimum absolute atomic E-state index is 0.0445. The molecule has 0 radical (unpaired) electrons. The lowest BCUT2D eigenvalue weighted by atomic mass is 10.00. The van der Waals surface area contributed by atoms with Crippen LogP contribution in [0.3, 0.4) is 0 Å². The zero-order chi connectivity index (χ0) is 17.3. The summed E-state index contributed by atoms with van der Waals surface area (Å²) in [5.74, 6) is -0.941. The molecule has 0 saturated carbocycles. The van der Waals surface area contributed by atoms with E-state index in [4.69, 9.17) is 9.52 Å². The number of aryl methyl sites for hydroxylation is 2. The van der Waals surface area contributed by atoms with E-state index in [1.165, 1.54) is 6.26 Å². The van der Waals surface area contributed by atoms with E-state index in [9.17, 15) is 9.59 Å². The smallest absolute Gasteiger partial charge is 0.311 e. The molecule has 1 N–H and O–H groups in total. The normalized spacial score (nSPS) is 17.9. The summed E-state index contributed by atoms with van der Waals surface area (Å²) in [7, 11) is 0. The summed E-state index contributed by atoms with van der Waals surface area (Å²) in [5.41, 5.74) is 2.02. The van der Waals surface area contributed by atoms with Crippen molar-refractivity contribution in [1.82, 2.24) is 9.88 Å². The van der Waals surface area contributed by atoms with Crippen LogP contribution in [0.2, 0.25) is 0 Å². The van der Waals surface area contributed by atoms with Crippen LogP contribution >= 0.6 is 11.3 Å². The summed E-state index contributed by atoms with van der Waals surface area (Å²) in [5, 5.41) is 12.0. The molecule has 7 heteroatoms. The van der Waals surface area contributed by atoms with Gasteiger partial charge in [-0.05, 0) is 33.1 Å². The van der Waals surface area contributed by atoms with Crippen molar-refractivity contribution in [2.45, 2.75) is 45.6 Å². The molecular weight excluding hydrogens is 328 g/mol. The van der Waals surface area contributed by atoms with Gasteiger partial charge in [0.15, 0.2) is 0 Å². The first kappa shape index (κ1) is 16.7. The van der Waals surface area contributed by atoms with Crippen molar-refractivity contribution in [1.29, 1.82) is 0 Å². The number of thiazole rings is 1. The first-order chi connectivity index (χ1) is 11.5. The Morgan fingerprint density at radius 1 is 1.42 bits per heavy atom. The third-order valence-corrected chi connectivity index (χ3v) is 5.33. The van der Waals surface area contributed by atoms with Gasteiger partial charge >= 0.3 is 5.97 Å². The number of aliphatic carboxylic acids is 1. The quantitative estimate of drug-likeness (QED) is 0.916. The molecule has 3 rings (SSSR count). The summed E-state index contributed by atoms with van der Waals surface area (Å²) in [4.78, 5) is 30.5. The van der Waals surface area contributed by atoms with Gasteiger partial charge in [0.2, 0.25) is 0 Å². The Labute approximate surface area is 144 Å². The van der Waals surface area contributed by atoms with Crippen molar-refractivity contribution in [3.63, 3.8) is 0 Å². The summed E-state index contributed by atoms with van der Waals surface area (Å²) < 4.78 is 5.32. The third-order valence-electron chi connectivity index (χ3n) is 4.26. The standard InChI is InChI=1S/C17H20N2O4S/c1-10-8-23-13(7-14(20)21)15(10)17(22)19-6-4-3-5-12(19)16-18-11(2)9-24-16/h8-9,12H,3-7H2,1-2H3,(H,20,21). The number of hydrogen-bond donors (Lipinski definition) is 1. The highest BCUT2D eigenvalue weighted by Crippen LogP contribution is 2.35. The summed E-state index contributed by atoms with van der Waals surface area (Å²) in [6.45, 7) is 4.37. The molecule has 1 fully saturated rings. The van der Waals surface area contributed by atoms with Gasteiger partial charge in [-0.1, -0.05) is 0 Å². The van der Waals surface area contributed by atoms with Gasteiger partial charge in [0.1, 0.15) is 17.2 Å². The molecular formula is C17H20N2O4S. The van der Waals surface area contributed by atoms with E-state index in [2.05, 4.69) is 4.98 Å². The van der Waals surface area contributed by atoms with Crippen LogP contribution in [0.4, 0.5) is 0 Å². The van der Waals surface area contributed by atoms with Crippen molar-refractivity contribution in [2.75, 3.05) is 6.54 Å². The minimum Gasteiger partial charge on any atom is -0.481 e. The highest BCUT2D eigenvalue weighted by Gasteiger charge is 2.33.